The number of nitrogens with zero attached hydrogens (tertiary/aromatic N) is 2. The van der Waals surface area contributed by atoms with Gasteiger partial charge in [0.1, 0.15) is 0 Å². The number of methoxy groups -OCH3 is 2. The van der Waals surface area contributed by atoms with Crippen LogP contribution in [0.1, 0.15) is 37.9 Å². The van der Waals surface area contributed by atoms with Gasteiger partial charge in [0, 0.05) is 13.7 Å². The Bertz CT molecular complexity index is 388. The van der Waals surface area contributed by atoms with E-state index in [9.17, 15) is 0 Å². The van der Waals surface area contributed by atoms with E-state index in [2.05, 4.69) is 12.0 Å². The molecule has 2 atom stereocenters. The second kappa shape index (κ2) is 5.71. The molecule has 0 aliphatic heterocycles. The third-order valence-electron chi connectivity index (χ3n) is 3.53. The molecule has 0 saturated heterocycles. The van der Waals surface area contributed by atoms with E-state index >= 15 is 0 Å². The molecule has 102 valence electrons. The molecule has 0 spiro atoms. The predicted octanol–water partition coefficient (Wildman–Crippen LogP) is 1.73. The fourth-order valence-electron chi connectivity index (χ4n) is 2.47. The Morgan fingerprint density at radius 3 is 2.72 bits per heavy atom. The quantitative estimate of drug-likeness (QED) is 0.803. The summed E-state index contributed by atoms with van der Waals surface area (Å²) in [6.45, 7) is 2.98. The summed E-state index contributed by atoms with van der Waals surface area (Å²) < 4.78 is 12.9. The lowest BCUT2D eigenvalue weighted by Gasteiger charge is -2.24. The first-order chi connectivity index (χ1) is 8.72. The lowest BCUT2D eigenvalue weighted by Crippen LogP contribution is -2.32. The van der Waals surface area contributed by atoms with Gasteiger partial charge in [-0.2, -0.15) is 5.10 Å². The van der Waals surface area contributed by atoms with E-state index in [1.54, 1.807) is 20.4 Å². The summed E-state index contributed by atoms with van der Waals surface area (Å²) >= 11 is 0. The van der Waals surface area contributed by atoms with Gasteiger partial charge in [-0.15, -0.1) is 0 Å². The largest absolute Gasteiger partial charge is 0.493 e. The van der Waals surface area contributed by atoms with Crippen molar-refractivity contribution in [3.05, 3.63) is 11.9 Å². The summed E-state index contributed by atoms with van der Waals surface area (Å²) in [5.41, 5.74) is 7.33. The molecule has 1 aliphatic rings. The molecule has 5 nitrogen and oxygen atoms in total. The Kier molecular flexibility index (Phi) is 4.24. The highest BCUT2D eigenvalue weighted by atomic mass is 16.5. The first-order valence-electron chi connectivity index (χ1n) is 6.61. The van der Waals surface area contributed by atoms with Crippen LogP contribution in [0.2, 0.25) is 0 Å². The molecule has 0 aromatic carbocycles. The Labute approximate surface area is 108 Å². The normalized spacial score (nSPS) is 18.7. The Hall–Kier alpha value is -1.07. The molecule has 0 bridgehead atoms. The summed E-state index contributed by atoms with van der Waals surface area (Å²) in [4.78, 5) is 0. The van der Waals surface area contributed by atoms with E-state index < -0.39 is 0 Å². The van der Waals surface area contributed by atoms with Crippen LogP contribution in [0.15, 0.2) is 6.20 Å². The summed E-state index contributed by atoms with van der Waals surface area (Å²) in [6, 6.07) is -0.175. The van der Waals surface area contributed by atoms with Crippen LogP contribution in [0, 0.1) is 5.92 Å². The Morgan fingerprint density at radius 1 is 1.50 bits per heavy atom. The second-order valence-corrected chi connectivity index (χ2v) is 4.88. The third kappa shape index (κ3) is 2.52. The van der Waals surface area contributed by atoms with E-state index in [0.717, 1.165) is 24.4 Å². The monoisotopic (exact) mass is 253 g/mol. The standard InChI is InChI=1S/C13H23N3O2/c1-4-7-16-12(10(17-2)8-15-16)11(14)13(18-3)9-5-6-9/h8-9,11,13H,4-7,14H2,1-3H3. The van der Waals surface area contributed by atoms with Gasteiger partial charge in [0.25, 0.3) is 0 Å². The zero-order valence-corrected chi connectivity index (χ0v) is 11.4. The van der Waals surface area contributed by atoms with Crippen molar-refractivity contribution < 1.29 is 9.47 Å². The molecule has 1 saturated carbocycles. The highest BCUT2D eigenvalue weighted by Gasteiger charge is 2.38. The van der Waals surface area contributed by atoms with Gasteiger partial charge in [0.05, 0.1) is 31.1 Å². The maximum atomic E-state index is 6.38. The van der Waals surface area contributed by atoms with Crippen molar-refractivity contribution in [3.63, 3.8) is 0 Å². The number of hydrogen-bond donors (Lipinski definition) is 1. The minimum atomic E-state index is -0.175. The van der Waals surface area contributed by atoms with Crippen molar-refractivity contribution >= 4 is 0 Å². The average molecular weight is 253 g/mol. The molecular weight excluding hydrogens is 230 g/mol. The van der Waals surface area contributed by atoms with Crippen molar-refractivity contribution in [3.8, 4) is 5.75 Å². The summed E-state index contributed by atoms with van der Waals surface area (Å²) in [5, 5.41) is 4.35. The molecule has 2 unspecified atom stereocenters. The van der Waals surface area contributed by atoms with Crippen molar-refractivity contribution in [1.82, 2.24) is 9.78 Å². The predicted molar refractivity (Wildman–Crippen MR) is 69.5 cm³/mol. The zero-order chi connectivity index (χ0) is 13.1. The van der Waals surface area contributed by atoms with Gasteiger partial charge in [-0.1, -0.05) is 6.92 Å². The SMILES string of the molecule is CCCn1ncc(OC)c1C(N)C(OC)C1CC1. The van der Waals surface area contributed by atoms with Crippen molar-refractivity contribution in [1.29, 1.82) is 0 Å². The van der Waals surface area contributed by atoms with Gasteiger partial charge in [-0.05, 0) is 25.2 Å². The zero-order valence-electron chi connectivity index (χ0n) is 11.4. The molecule has 1 fully saturated rings. The molecule has 1 heterocycles. The minimum Gasteiger partial charge on any atom is -0.493 e. The lowest BCUT2D eigenvalue weighted by atomic mass is 10.0. The topological polar surface area (TPSA) is 62.3 Å². The van der Waals surface area contributed by atoms with Crippen LogP contribution in [0.4, 0.5) is 0 Å². The number of ether oxygens (including phenoxy) is 2. The van der Waals surface area contributed by atoms with E-state index in [1.165, 1.54) is 12.8 Å². The maximum Gasteiger partial charge on any atom is 0.161 e. The van der Waals surface area contributed by atoms with Gasteiger partial charge >= 0.3 is 0 Å². The number of rotatable bonds is 7. The van der Waals surface area contributed by atoms with Crippen LogP contribution in [0.5, 0.6) is 5.75 Å². The van der Waals surface area contributed by atoms with Crippen LogP contribution in [0.25, 0.3) is 0 Å². The fraction of sp³-hybridized carbons (Fsp3) is 0.769. The Morgan fingerprint density at radius 2 is 2.22 bits per heavy atom. The first-order valence-corrected chi connectivity index (χ1v) is 6.61. The average Bonchev–Trinajstić information content (AvgIpc) is 3.11. The van der Waals surface area contributed by atoms with Gasteiger partial charge in [-0.3, -0.25) is 4.68 Å². The van der Waals surface area contributed by atoms with E-state index in [-0.39, 0.29) is 12.1 Å². The van der Waals surface area contributed by atoms with E-state index in [1.807, 2.05) is 4.68 Å². The number of nitrogens with two attached hydrogens (primary N) is 1. The maximum absolute atomic E-state index is 6.38. The van der Waals surface area contributed by atoms with E-state index in [0.29, 0.717) is 5.92 Å². The van der Waals surface area contributed by atoms with Gasteiger partial charge in [0.2, 0.25) is 0 Å². The highest BCUT2D eigenvalue weighted by Crippen LogP contribution is 2.40. The molecule has 2 N–H and O–H groups in total. The van der Waals surface area contributed by atoms with Crippen LogP contribution in [0.3, 0.4) is 0 Å². The van der Waals surface area contributed by atoms with Gasteiger partial charge < -0.3 is 15.2 Å². The molecule has 2 rings (SSSR count). The summed E-state index contributed by atoms with van der Waals surface area (Å²) in [7, 11) is 3.39. The number of aromatic nitrogens is 2. The van der Waals surface area contributed by atoms with E-state index in [4.69, 9.17) is 15.2 Å². The molecule has 0 radical (unpaired) electrons. The number of aryl methyl sites for hydroxylation is 1. The molecule has 1 aliphatic carbocycles. The minimum absolute atomic E-state index is 0.0613. The molecule has 0 amide bonds. The van der Waals surface area contributed by atoms with Crippen LogP contribution in [-0.4, -0.2) is 30.1 Å². The molecule has 1 aromatic heterocycles. The van der Waals surface area contributed by atoms with Crippen molar-refractivity contribution in [2.24, 2.45) is 11.7 Å². The summed E-state index contributed by atoms with van der Waals surface area (Å²) in [5.74, 6) is 1.35. The van der Waals surface area contributed by atoms with Gasteiger partial charge in [-0.25, -0.2) is 0 Å². The van der Waals surface area contributed by atoms with Gasteiger partial charge in [0.15, 0.2) is 5.75 Å². The van der Waals surface area contributed by atoms with Crippen molar-refractivity contribution in [2.45, 2.75) is 44.9 Å². The summed E-state index contributed by atoms with van der Waals surface area (Å²) in [6.07, 6.45) is 5.23. The number of hydrogen-bond acceptors (Lipinski definition) is 4. The van der Waals surface area contributed by atoms with Crippen LogP contribution in [-0.2, 0) is 11.3 Å². The smallest absolute Gasteiger partial charge is 0.161 e. The lowest BCUT2D eigenvalue weighted by molar-refractivity contribution is 0.0592. The molecule has 1 aromatic rings. The molecule has 18 heavy (non-hydrogen) atoms. The van der Waals surface area contributed by atoms with Crippen LogP contribution < -0.4 is 10.5 Å². The molecular formula is C13H23N3O2. The van der Waals surface area contributed by atoms with Crippen molar-refractivity contribution in [2.75, 3.05) is 14.2 Å². The Balaban J connectivity index is 2.25. The first kappa shape index (κ1) is 13.4. The third-order valence-corrected chi connectivity index (χ3v) is 3.53. The molecule has 5 heteroatoms. The second-order valence-electron chi connectivity index (χ2n) is 4.88. The van der Waals surface area contributed by atoms with Crippen LogP contribution >= 0.6 is 0 Å². The fourth-order valence-corrected chi connectivity index (χ4v) is 2.47. The highest BCUT2D eigenvalue weighted by molar-refractivity contribution is 5.29.